The molecule has 0 aliphatic heterocycles. The monoisotopic (exact) mass is 234 g/mol. The molecule has 0 fully saturated rings. The third-order valence-electron chi connectivity index (χ3n) is 2.28. The molecular weight excluding hydrogens is 220 g/mol. The predicted molar refractivity (Wildman–Crippen MR) is 60.2 cm³/mol. The van der Waals surface area contributed by atoms with Crippen molar-refractivity contribution in [1.82, 2.24) is 20.4 Å². The molecule has 0 saturated carbocycles. The molecule has 2 aromatic heterocycles. The molecule has 2 aromatic rings. The molecule has 0 radical (unpaired) electrons. The zero-order valence-electron chi connectivity index (χ0n) is 9.75. The van der Waals surface area contributed by atoms with Gasteiger partial charge in [-0.3, -0.25) is 4.98 Å². The van der Waals surface area contributed by atoms with Crippen molar-refractivity contribution >= 4 is 0 Å². The van der Waals surface area contributed by atoms with Crippen LogP contribution in [0.15, 0.2) is 28.9 Å². The van der Waals surface area contributed by atoms with Crippen molar-refractivity contribution in [2.75, 3.05) is 14.2 Å². The first-order chi connectivity index (χ1) is 8.35. The Hall–Kier alpha value is -1.79. The molecule has 0 amide bonds. The van der Waals surface area contributed by atoms with E-state index in [0.29, 0.717) is 18.3 Å². The summed E-state index contributed by atoms with van der Waals surface area (Å²) in [6.45, 7) is 0.311. The largest absolute Gasteiger partial charge is 0.375 e. The number of nitrogens with one attached hydrogen (secondary N) is 1. The van der Waals surface area contributed by atoms with Crippen molar-refractivity contribution in [3.05, 3.63) is 41.8 Å². The van der Waals surface area contributed by atoms with Gasteiger partial charge in [0.05, 0.1) is 5.69 Å². The highest BCUT2D eigenvalue weighted by Gasteiger charge is 2.19. The maximum Gasteiger partial charge on any atom is 0.252 e. The van der Waals surface area contributed by atoms with Crippen LogP contribution in [0.1, 0.15) is 23.5 Å². The number of nitrogens with zero attached hydrogens (tertiary/aromatic N) is 3. The van der Waals surface area contributed by atoms with Gasteiger partial charge in [0, 0.05) is 13.3 Å². The quantitative estimate of drug-likeness (QED) is 0.829. The average Bonchev–Trinajstić information content (AvgIpc) is 2.81. The van der Waals surface area contributed by atoms with Crippen LogP contribution in [0.25, 0.3) is 0 Å². The number of hydrogen-bond acceptors (Lipinski definition) is 6. The van der Waals surface area contributed by atoms with E-state index in [-0.39, 0.29) is 6.04 Å². The third kappa shape index (κ3) is 2.66. The molecule has 0 unspecified atom stereocenters. The lowest BCUT2D eigenvalue weighted by molar-refractivity contribution is 0.151. The zero-order valence-corrected chi connectivity index (χ0v) is 9.75. The predicted octanol–water partition coefficient (Wildman–Crippen LogP) is 0.920. The Morgan fingerprint density at radius 1 is 1.47 bits per heavy atom. The first-order valence-electron chi connectivity index (χ1n) is 5.24. The third-order valence-corrected chi connectivity index (χ3v) is 2.28. The minimum atomic E-state index is -0.175. The smallest absolute Gasteiger partial charge is 0.252 e. The highest BCUT2D eigenvalue weighted by molar-refractivity contribution is 5.16. The maximum absolute atomic E-state index is 5.06. The SMILES string of the molecule is CN[C@H](c1ccccn1)c1noc(COC)n1. The van der Waals surface area contributed by atoms with Gasteiger partial charge in [0.15, 0.2) is 5.82 Å². The van der Waals surface area contributed by atoms with Gasteiger partial charge in [0.25, 0.3) is 5.89 Å². The van der Waals surface area contributed by atoms with E-state index in [2.05, 4.69) is 20.4 Å². The Kier molecular flexibility index (Phi) is 3.79. The summed E-state index contributed by atoms with van der Waals surface area (Å²) in [5, 5.41) is 7.02. The molecule has 0 bridgehead atoms. The molecule has 90 valence electrons. The highest BCUT2D eigenvalue weighted by Crippen LogP contribution is 2.16. The molecule has 2 heterocycles. The molecule has 1 atom stereocenters. The summed E-state index contributed by atoms with van der Waals surface area (Å²) >= 11 is 0. The zero-order chi connectivity index (χ0) is 12.1. The van der Waals surface area contributed by atoms with E-state index >= 15 is 0 Å². The van der Waals surface area contributed by atoms with Gasteiger partial charge in [-0.1, -0.05) is 11.2 Å². The summed E-state index contributed by atoms with van der Waals surface area (Å²) in [6.07, 6.45) is 1.73. The first kappa shape index (κ1) is 11.7. The number of ether oxygens (including phenoxy) is 1. The summed E-state index contributed by atoms with van der Waals surface area (Å²) in [4.78, 5) is 8.51. The highest BCUT2D eigenvalue weighted by atomic mass is 16.5. The number of hydrogen-bond donors (Lipinski definition) is 1. The van der Waals surface area contributed by atoms with Crippen molar-refractivity contribution < 1.29 is 9.26 Å². The van der Waals surface area contributed by atoms with E-state index in [1.165, 1.54) is 0 Å². The molecule has 0 aliphatic rings. The van der Waals surface area contributed by atoms with Gasteiger partial charge in [-0.25, -0.2) is 0 Å². The summed E-state index contributed by atoms with van der Waals surface area (Å²) < 4.78 is 9.98. The van der Waals surface area contributed by atoms with E-state index in [9.17, 15) is 0 Å². The molecule has 2 rings (SSSR count). The van der Waals surface area contributed by atoms with Gasteiger partial charge in [0.1, 0.15) is 12.6 Å². The molecule has 0 aliphatic carbocycles. The van der Waals surface area contributed by atoms with Crippen LogP contribution in [-0.4, -0.2) is 29.3 Å². The van der Waals surface area contributed by atoms with E-state index < -0.39 is 0 Å². The fraction of sp³-hybridized carbons (Fsp3) is 0.364. The number of aromatic nitrogens is 3. The topological polar surface area (TPSA) is 73.1 Å². The molecule has 6 heteroatoms. The summed E-state index contributed by atoms with van der Waals surface area (Å²) in [7, 11) is 3.41. The maximum atomic E-state index is 5.06. The molecule has 1 N–H and O–H groups in total. The second kappa shape index (κ2) is 5.51. The Morgan fingerprint density at radius 3 is 3.00 bits per heavy atom. The van der Waals surface area contributed by atoms with Gasteiger partial charge in [0.2, 0.25) is 0 Å². The fourth-order valence-corrected chi connectivity index (χ4v) is 1.52. The lowest BCUT2D eigenvalue weighted by Gasteiger charge is -2.10. The van der Waals surface area contributed by atoms with Crippen molar-refractivity contribution in [3.8, 4) is 0 Å². The van der Waals surface area contributed by atoms with Crippen LogP contribution in [0.4, 0.5) is 0 Å². The van der Waals surface area contributed by atoms with E-state index in [0.717, 1.165) is 5.69 Å². The Bertz CT molecular complexity index is 458. The number of methoxy groups -OCH3 is 1. The lowest BCUT2D eigenvalue weighted by Crippen LogP contribution is -2.20. The second-order valence-corrected chi connectivity index (χ2v) is 3.46. The van der Waals surface area contributed by atoms with Crippen molar-refractivity contribution in [2.45, 2.75) is 12.6 Å². The molecule has 6 nitrogen and oxygen atoms in total. The van der Waals surface area contributed by atoms with E-state index in [1.54, 1.807) is 13.3 Å². The van der Waals surface area contributed by atoms with Crippen molar-refractivity contribution in [1.29, 1.82) is 0 Å². The second-order valence-electron chi connectivity index (χ2n) is 3.46. The van der Waals surface area contributed by atoms with Crippen LogP contribution in [-0.2, 0) is 11.3 Å². The molecule has 17 heavy (non-hydrogen) atoms. The van der Waals surface area contributed by atoms with Gasteiger partial charge in [-0.2, -0.15) is 4.98 Å². The van der Waals surface area contributed by atoms with Crippen LogP contribution >= 0.6 is 0 Å². The molecule has 0 aromatic carbocycles. The van der Waals surface area contributed by atoms with Gasteiger partial charge >= 0.3 is 0 Å². The Morgan fingerprint density at radius 2 is 2.35 bits per heavy atom. The summed E-state index contributed by atoms with van der Waals surface area (Å²) in [5.74, 6) is 1.01. The molecule has 0 saturated heterocycles. The van der Waals surface area contributed by atoms with Crippen LogP contribution in [0, 0.1) is 0 Å². The Balaban J connectivity index is 2.23. The summed E-state index contributed by atoms with van der Waals surface area (Å²) in [5.41, 5.74) is 0.847. The standard InChI is InChI=1S/C11H14N4O2/c1-12-10(8-5-3-4-6-13-8)11-14-9(7-16-2)17-15-11/h3-6,10,12H,7H2,1-2H3/t10-/m1/s1. The fourth-order valence-electron chi connectivity index (χ4n) is 1.52. The number of rotatable bonds is 5. The minimum absolute atomic E-state index is 0.175. The van der Waals surface area contributed by atoms with Crippen LogP contribution in [0.5, 0.6) is 0 Å². The van der Waals surface area contributed by atoms with Gasteiger partial charge < -0.3 is 14.6 Å². The normalized spacial score (nSPS) is 12.6. The van der Waals surface area contributed by atoms with Crippen LogP contribution < -0.4 is 5.32 Å². The van der Waals surface area contributed by atoms with E-state index in [1.807, 2.05) is 25.2 Å². The van der Waals surface area contributed by atoms with Crippen molar-refractivity contribution in [2.24, 2.45) is 0 Å². The van der Waals surface area contributed by atoms with Gasteiger partial charge in [-0.05, 0) is 19.2 Å². The van der Waals surface area contributed by atoms with Crippen LogP contribution in [0.3, 0.4) is 0 Å². The first-order valence-corrected chi connectivity index (χ1v) is 5.24. The number of pyridine rings is 1. The Labute approximate surface area is 99.0 Å². The average molecular weight is 234 g/mol. The summed E-state index contributed by atoms with van der Waals surface area (Å²) in [6, 6.07) is 5.52. The van der Waals surface area contributed by atoms with Crippen LogP contribution in [0.2, 0.25) is 0 Å². The lowest BCUT2D eigenvalue weighted by atomic mass is 10.2. The van der Waals surface area contributed by atoms with Crippen molar-refractivity contribution in [3.63, 3.8) is 0 Å². The van der Waals surface area contributed by atoms with E-state index in [4.69, 9.17) is 9.26 Å². The van der Waals surface area contributed by atoms with Gasteiger partial charge in [-0.15, -0.1) is 0 Å². The molecule has 0 spiro atoms. The minimum Gasteiger partial charge on any atom is -0.375 e. The molecular formula is C11H14N4O2.